The van der Waals surface area contributed by atoms with E-state index in [-0.39, 0.29) is 24.3 Å². The van der Waals surface area contributed by atoms with E-state index >= 15 is 0 Å². The molecular weight excluding hydrogens is 259 g/mol. The molecule has 0 saturated carbocycles. The van der Waals surface area contributed by atoms with Gasteiger partial charge in [0.05, 0.1) is 0 Å². The molecule has 0 radical (unpaired) electrons. The summed E-state index contributed by atoms with van der Waals surface area (Å²) in [6, 6.07) is 31.7. The van der Waals surface area contributed by atoms with Gasteiger partial charge in [-0.25, -0.2) is 0 Å². The van der Waals surface area contributed by atoms with E-state index in [1.165, 1.54) is 16.7 Å². The van der Waals surface area contributed by atoms with Crippen molar-refractivity contribution in [2.75, 3.05) is 0 Å². The predicted molar refractivity (Wildman–Crippen MR) is 89.2 cm³/mol. The molecule has 0 unspecified atom stereocenters. The Balaban J connectivity index is 0.00000176. The second-order valence-corrected chi connectivity index (χ2v) is 5.48. The quantitative estimate of drug-likeness (QED) is 0.506. The molecule has 0 aliphatic rings. The van der Waals surface area contributed by atoms with Gasteiger partial charge < -0.3 is 6.92 Å². The van der Waals surface area contributed by atoms with Gasteiger partial charge in [0.2, 0.25) is 0 Å². The Kier molecular flexibility index (Phi) is 5.67. The Morgan fingerprint density at radius 3 is 1.36 bits per heavy atom. The molecule has 0 N–H and O–H groups in total. The summed E-state index contributed by atoms with van der Waals surface area (Å²) < 4.78 is 0. The number of hydrogen-bond donors (Lipinski definition) is 0. The first kappa shape index (κ1) is 16.6. The first-order chi connectivity index (χ1) is 10.3. The van der Waals surface area contributed by atoms with Crippen LogP contribution in [0.4, 0.5) is 0 Å². The van der Waals surface area contributed by atoms with Gasteiger partial charge in [0.1, 0.15) is 0 Å². The van der Waals surface area contributed by atoms with Gasteiger partial charge in [-0.15, -0.1) is 5.41 Å². The molecule has 0 heterocycles. The van der Waals surface area contributed by atoms with Crippen molar-refractivity contribution in [2.45, 2.75) is 11.8 Å². The minimum absolute atomic E-state index is 0. The molecule has 0 aromatic heterocycles. The largest absolute Gasteiger partial charge is 1.00 e. The van der Waals surface area contributed by atoms with Crippen LogP contribution in [0.5, 0.6) is 0 Å². The van der Waals surface area contributed by atoms with Gasteiger partial charge in [-0.05, 0) is 12.0 Å². The maximum Gasteiger partial charge on any atom is 1.00 e. The molecule has 0 aliphatic heterocycles. The predicted octanol–water partition coefficient (Wildman–Crippen LogP) is 2.05. The maximum absolute atomic E-state index is 4.61. The standard InChI is InChI=1S/C21H19.Li/c1-21(19-13-7-3-8-14-19,20-15-9-4-10-16-20)17-18-11-5-2-6-12-18;/h2-16H,1,17H2;/q-1;+1. The van der Waals surface area contributed by atoms with Crippen molar-refractivity contribution >= 4 is 0 Å². The van der Waals surface area contributed by atoms with E-state index in [1.54, 1.807) is 0 Å². The topological polar surface area (TPSA) is 0 Å². The van der Waals surface area contributed by atoms with E-state index in [0.717, 1.165) is 6.42 Å². The molecule has 3 aromatic rings. The van der Waals surface area contributed by atoms with Crippen LogP contribution in [0, 0.1) is 6.92 Å². The first-order valence-electron chi connectivity index (χ1n) is 7.29. The van der Waals surface area contributed by atoms with Crippen molar-refractivity contribution in [3.8, 4) is 0 Å². The van der Waals surface area contributed by atoms with Crippen LogP contribution >= 0.6 is 0 Å². The Labute approximate surface area is 145 Å². The molecule has 0 spiro atoms. The summed E-state index contributed by atoms with van der Waals surface area (Å²) in [6.07, 6.45) is 0.891. The van der Waals surface area contributed by atoms with Crippen LogP contribution in [-0.4, -0.2) is 0 Å². The maximum atomic E-state index is 4.61. The Bertz CT molecular complexity index is 635. The first-order valence-corrected chi connectivity index (χ1v) is 7.29. The van der Waals surface area contributed by atoms with Crippen LogP contribution < -0.4 is 18.9 Å². The Morgan fingerprint density at radius 2 is 0.955 bits per heavy atom. The Hall–Kier alpha value is -1.74. The van der Waals surface area contributed by atoms with Gasteiger partial charge in [-0.1, -0.05) is 102 Å². The summed E-state index contributed by atoms with van der Waals surface area (Å²) >= 11 is 0. The summed E-state index contributed by atoms with van der Waals surface area (Å²) in [5, 5.41) is 0. The molecule has 0 amide bonds. The zero-order valence-corrected chi connectivity index (χ0v) is 13.1. The molecule has 0 atom stereocenters. The van der Waals surface area contributed by atoms with E-state index < -0.39 is 0 Å². The molecule has 104 valence electrons. The molecular formula is C21H19Li. The molecule has 0 fully saturated rings. The van der Waals surface area contributed by atoms with Gasteiger partial charge in [-0.2, -0.15) is 0 Å². The van der Waals surface area contributed by atoms with E-state index in [0.29, 0.717) is 0 Å². The van der Waals surface area contributed by atoms with Crippen molar-refractivity contribution in [3.63, 3.8) is 0 Å². The fourth-order valence-corrected chi connectivity index (χ4v) is 2.83. The zero-order valence-electron chi connectivity index (χ0n) is 13.1. The molecule has 0 saturated heterocycles. The number of hydrogen-bond acceptors (Lipinski definition) is 0. The Morgan fingerprint density at radius 1 is 0.591 bits per heavy atom. The van der Waals surface area contributed by atoms with Crippen LogP contribution in [0.15, 0.2) is 91.0 Å². The molecule has 1 heteroatoms. The third-order valence-electron chi connectivity index (χ3n) is 4.00. The molecule has 0 bridgehead atoms. The van der Waals surface area contributed by atoms with Crippen LogP contribution in [-0.2, 0) is 11.8 Å². The molecule has 0 aliphatic carbocycles. The van der Waals surface area contributed by atoms with Gasteiger partial charge in [-0.3, -0.25) is 0 Å². The SMILES string of the molecule is [CH2-]C(Cc1ccccc1)(c1ccccc1)c1ccccc1.[Li+]. The third kappa shape index (κ3) is 3.53. The van der Waals surface area contributed by atoms with Crippen molar-refractivity contribution in [1.82, 2.24) is 0 Å². The summed E-state index contributed by atoms with van der Waals surface area (Å²) in [7, 11) is 0. The monoisotopic (exact) mass is 278 g/mol. The van der Waals surface area contributed by atoms with E-state index in [2.05, 4.69) is 97.9 Å². The average molecular weight is 278 g/mol. The van der Waals surface area contributed by atoms with Crippen molar-refractivity contribution in [3.05, 3.63) is 115 Å². The number of rotatable bonds is 4. The summed E-state index contributed by atoms with van der Waals surface area (Å²) in [6.45, 7) is 4.61. The van der Waals surface area contributed by atoms with Crippen LogP contribution in [0.3, 0.4) is 0 Å². The normalized spacial score (nSPS) is 10.8. The minimum Gasteiger partial charge on any atom is -0.328 e. The second kappa shape index (κ2) is 7.50. The summed E-state index contributed by atoms with van der Waals surface area (Å²) in [4.78, 5) is 0. The average Bonchev–Trinajstić information content (AvgIpc) is 2.57. The van der Waals surface area contributed by atoms with E-state index in [1.807, 2.05) is 0 Å². The molecule has 22 heavy (non-hydrogen) atoms. The van der Waals surface area contributed by atoms with Crippen LogP contribution in [0.25, 0.3) is 0 Å². The fourth-order valence-electron chi connectivity index (χ4n) is 2.83. The van der Waals surface area contributed by atoms with Gasteiger partial charge in [0, 0.05) is 0 Å². The molecule has 3 rings (SSSR count). The number of benzene rings is 3. The summed E-state index contributed by atoms with van der Waals surface area (Å²) in [5.74, 6) is 0. The zero-order chi connectivity index (χ0) is 14.5. The van der Waals surface area contributed by atoms with E-state index in [9.17, 15) is 0 Å². The third-order valence-corrected chi connectivity index (χ3v) is 4.00. The van der Waals surface area contributed by atoms with Gasteiger partial charge >= 0.3 is 18.9 Å². The second-order valence-electron chi connectivity index (χ2n) is 5.48. The van der Waals surface area contributed by atoms with Crippen molar-refractivity contribution in [1.29, 1.82) is 0 Å². The van der Waals surface area contributed by atoms with Crippen LogP contribution in [0.2, 0.25) is 0 Å². The smallest absolute Gasteiger partial charge is 0.328 e. The summed E-state index contributed by atoms with van der Waals surface area (Å²) in [5.41, 5.74) is 3.55. The fraction of sp³-hybridized carbons (Fsp3) is 0.0952. The van der Waals surface area contributed by atoms with Crippen molar-refractivity contribution in [2.24, 2.45) is 0 Å². The van der Waals surface area contributed by atoms with E-state index in [4.69, 9.17) is 0 Å². The molecule has 3 aromatic carbocycles. The van der Waals surface area contributed by atoms with Crippen LogP contribution in [0.1, 0.15) is 16.7 Å². The molecule has 0 nitrogen and oxygen atoms in total. The minimum atomic E-state index is -0.260. The van der Waals surface area contributed by atoms with Gasteiger partial charge in [0.25, 0.3) is 0 Å². The van der Waals surface area contributed by atoms with Gasteiger partial charge in [0.15, 0.2) is 0 Å². The van der Waals surface area contributed by atoms with Crippen molar-refractivity contribution < 1.29 is 18.9 Å².